The summed E-state index contributed by atoms with van der Waals surface area (Å²) in [7, 11) is 1.65. The van der Waals surface area contributed by atoms with Crippen molar-refractivity contribution in [3.05, 3.63) is 74.6 Å². The zero-order chi connectivity index (χ0) is 26.8. The molecule has 11 heteroatoms. The summed E-state index contributed by atoms with van der Waals surface area (Å²) in [4.78, 5) is 46.5. The van der Waals surface area contributed by atoms with Gasteiger partial charge in [0.2, 0.25) is 11.9 Å². The molecule has 38 heavy (non-hydrogen) atoms. The van der Waals surface area contributed by atoms with E-state index in [4.69, 9.17) is 4.98 Å². The number of amides is 3. The molecule has 0 unspecified atom stereocenters. The van der Waals surface area contributed by atoms with Gasteiger partial charge in [-0.05, 0) is 83.4 Å². The lowest BCUT2D eigenvalue weighted by atomic mass is 10.2. The Balaban J connectivity index is 1.42. The molecule has 1 saturated heterocycles. The number of rotatable bonds is 8. The van der Waals surface area contributed by atoms with Gasteiger partial charge < -0.3 is 14.4 Å². The van der Waals surface area contributed by atoms with Gasteiger partial charge in [-0.3, -0.25) is 19.7 Å². The number of aryl methyl sites for hydroxylation is 1. The smallest absolute Gasteiger partial charge is 0.268 e. The van der Waals surface area contributed by atoms with Gasteiger partial charge in [-0.25, -0.2) is 9.37 Å². The molecule has 0 aliphatic carbocycles. The van der Waals surface area contributed by atoms with E-state index in [0.717, 1.165) is 22.3 Å². The van der Waals surface area contributed by atoms with Gasteiger partial charge in [0.05, 0.1) is 19.7 Å². The van der Waals surface area contributed by atoms with Crippen molar-refractivity contribution in [2.24, 2.45) is 0 Å². The summed E-state index contributed by atoms with van der Waals surface area (Å²) in [6.07, 6.45) is 2.19. The Labute approximate surface area is 231 Å². The maximum absolute atomic E-state index is 13.3. The molecule has 1 aliphatic heterocycles. The Morgan fingerprint density at radius 2 is 1.92 bits per heavy atom. The van der Waals surface area contributed by atoms with E-state index in [9.17, 15) is 18.8 Å². The number of anilines is 2. The highest BCUT2D eigenvalue weighted by Crippen LogP contribution is 2.28. The second-order valence-electron chi connectivity index (χ2n) is 9.03. The molecule has 3 amide bonds. The Hall–Kier alpha value is -3.57. The van der Waals surface area contributed by atoms with E-state index < -0.39 is 5.82 Å². The van der Waals surface area contributed by atoms with E-state index >= 15 is 0 Å². The maximum atomic E-state index is 13.3. The second kappa shape index (κ2) is 11.0. The number of hydrogen-bond acceptors (Lipinski definition) is 5. The number of nitrogens with zero attached hydrogens (tertiary/aromatic N) is 4. The zero-order valence-corrected chi connectivity index (χ0v) is 23.0. The van der Waals surface area contributed by atoms with Crippen molar-refractivity contribution >= 4 is 67.7 Å². The number of thiophene rings is 1. The van der Waals surface area contributed by atoms with Gasteiger partial charge in [-0.2, -0.15) is 0 Å². The van der Waals surface area contributed by atoms with E-state index in [0.29, 0.717) is 53.5 Å². The number of imidazole rings is 1. The third kappa shape index (κ3) is 5.48. The molecule has 0 atom stereocenters. The van der Waals surface area contributed by atoms with Gasteiger partial charge in [-0.15, -0.1) is 11.3 Å². The summed E-state index contributed by atoms with van der Waals surface area (Å²) in [5, 5.41) is 2.93. The predicted octanol–water partition coefficient (Wildman–Crippen LogP) is 5.54. The summed E-state index contributed by atoms with van der Waals surface area (Å²) in [5.41, 5.74) is 2.39. The molecule has 5 rings (SSSR count). The maximum Gasteiger partial charge on any atom is 0.268 e. The van der Waals surface area contributed by atoms with Crippen LogP contribution in [0.4, 0.5) is 16.0 Å². The number of hydrogen-bond donors (Lipinski definition) is 1. The van der Waals surface area contributed by atoms with Crippen molar-refractivity contribution in [1.82, 2.24) is 14.5 Å². The molecule has 1 N–H and O–H groups in total. The zero-order valence-electron chi connectivity index (χ0n) is 20.6. The highest BCUT2D eigenvalue weighted by Gasteiger charge is 2.21. The van der Waals surface area contributed by atoms with Crippen LogP contribution in [0.15, 0.2) is 58.4 Å². The molecule has 0 spiro atoms. The van der Waals surface area contributed by atoms with Crippen LogP contribution in [0.1, 0.15) is 39.3 Å². The molecule has 0 radical (unpaired) electrons. The van der Waals surface area contributed by atoms with E-state index in [-0.39, 0.29) is 17.7 Å². The molecule has 2 aromatic carbocycles. The van der Waals surface area contributed by atoms with Crippen LogP contribution >= 0.6 is 27.3 Å². The molecule has 0 bridgehead atoms. The first kappa shape index (κ1) is 26.1. The number of carbonyl (C=O) groups excluding carboxylic acids is 3. The molecule has 1 aliphatic rings. The summed E-state index contributed by atoms with van der Waals surface area (Å²) < 4.78 is 16.1. The van der Waals surface area contributed by atoms with Gasteiger partial charge >= 0.3 is 0 Å². The van der Waals surface area contributed by atoms with Gasteiger partial charge in [-0.1, -0.05) is 0 Å². The quantitative estimate of drug-likeness (QED) is 0.289. The number of carbonyl (C=O) groups is 3. The summed E-state index contributed by atoms with van der Waals surface area (Å²) in [5.74, 6) is -0.385. The first-order valence-corrected chi connectivity index (χ1v) is 13.8. The highest BCUT2D eigenvalue weighted by molar-refractivity contribution is 9.11. The molecule has 3 heterocycles. The monoisotopic (exact) mass is 597 g/mol. The summed E-state index contributed by atoms with van der Waals surface area (Å²) >= 11 is 4.71. The van der Waals surface area contributed by atoms with Crippen molar-refractivity contribution in [3.63, 3.8) is 0 Å². The Kier molecular flexibility index (Phi) is 7.57. The lowest BCUT2D eigenvalue weighted by Gasteiger charge is -2.18. The molecular formula is C27H25BrFN5O3S. The number of likely N-dealkylation sites (tertiary alicyclic amines) is 1. The van der Waals surface area contributed by atoms with Crippen LogP contribution in [0.5, 0.6) is 0 Å². The molecule has 1 fully saturated rings. The first-order chi connectivity index (χ1) is 18.3. The van der Waals surface area contributed by atoms with Crippen LogP contribution in [-0.4, -0.2) is 52.3 Å². The fraction of sp³-hybridized carbons (Fsp3) is 0.259. The summed E-state index contributed by atoms with van der Waals surface area (Å²) in [6.45, 7) is 1.96. The largest absolute Gasteiger partial charge is 0.343 e. The van der Waals surface area contributed by atoms with Crippen molar-refractivity contribution < 1.29 is 18.8 Å². The average Bonchev–Trinajstić information content (AvgIpc) is 3.62. The Bertz CT molecular complexity index is 1520. The highest BCUT2D eigenvalue weighted by atomic mass is 79.9. The SMILES string of the molecule is CN(C(=O)c1ccc(F)cc1)c1ccc2c(c1)nc(NC(=O)c1ccc(Br)s1)n2CCCN1CCCC1=O. The van der Waals surface area contributed by atoms with Crippen LogP contribution in [0.25, 0.3) is 11.0 Å². The van der Waals surface area contributed by atoms with Gasteiger partial charge in [0, 0.05) is 44.4 Å². The van der Waals surface area contributed by atoms with Crippen molar-refractivity contribution in [1.29, 1.82) is 0 Å². The average molecular weight is 598 g/mol. The molecule has 2 aromatic heterocycles. The van der Waals surface area contributed by atoms with Crippen LogP contribution in [0.2, 0.25) is 0 Å². The second-order valence-corrected chi connectivity index (χ2v) is 11.5. The van der Waals surface area contributed by atoms with Crippen LogP contribution in [-0.2, 0) is 11.3 Å². The van der Waals surface area contributed by atoms with Crippen LogP contribution in [0.3, 0.4) is 0 Å². The molecule has 0 saturated carbocycles. The van der Waals surface area contributed by atoms with Crippen LogP contribution < -0.4 is 10.2 Å². The van der Waals surface area contributed by atoms with Gasteiger partial charge in [0.15, 0.2) is 0 Å². The molecule has 4 aromatic rings. The van der Waals surface area contributed by atoms with Crippen LogP contribution in [0, 0.1) is 5.82 Å². The lowest BCUT2D eigenvalue weighted by molar-refractivity contribution is -0.127. The van der Waals surface area contributed by atoms with Gasteiger partial charge in [0.25, 0.3) is 11.8 Å². The number of halogens is 2. The molecular weight excluding hydrogens is 573 g/mol. The lowest BCUT2D eigenvalue weighted by Crippen LogP contribution is -2.26. The first-order valence-electron chi connectivity index (χ1n) is 12.2. The normalized spacial score (nSPS) is 13.3. The number of benzene rings is 2. The molecule has 196 valence electrons. The minimum absolute atomic E-state index is 0.177. The summed E-state index contributed by atoms with van der Waals surface area (Å²) in [6, 6.07) is 14.4. The third-order valence-electron chi connectivity index (χ3n) is 6.52. The number of aromatic nitrogens is 2. The number of fused-ring (bicyclic) bond motifs is 1. The van der Waals surface area contributed by atoms with E-state index in [1.165, 1.54) is 40.5 Å². The van der Waals surface area contributed by atoms with Gasteiger partial charge in [0.1, 0.15) is 5.82 Å². The van der Waals surface area contributed by atoms with E-state index in [1.807, 2.05) is 27.7 Å². The predicted molar refractivity (Wildman–Crippen MR) is 149 cm³/mol. The Morgan fingerprint density at radius 1 is 1.13 bits per heavy atom. The minimum atomic E-state index is -0.408. The molecule has 8 nitrogen and oxygen atoms in total. The van der Waals surface area contributed by atoms with Crippen molar-refractivity contribution in [2.75, 3.05) is 30.4 Å². The Morgan fingerprint density at radius 3 is 2.61 bits per heavy atom. The topological polar surface area (TPSA) is 87.5 Å². The van der Waals surface area contributed by atoms with Crippen molar-refractivity contribution in [3.8, 4) is 0 Å². The number of nitrogens with one attached hydrogen (secondary N) is 1. The third-order valence-corrected chi connectivity index (χ3v) is 8.14. The fourth-order valence-electron chi connectivity index (χ4n) is 4.51. The minimum Gasteiger partial charge on any atom is -0.343 e. The van der Waals surface area contributed by atoms with E-state index in [1.54, 1.807) is 19.2 Å². The standard InChI is InChI=1S/C27H25BrFN5O3S/c1-32(26(37)17-5-7-18(29)8-6-17)19-9-10-21-20(16-19)30-27(31-25(36)22-11-12-23(28)38-22)34(21)15-3-14-33-13-2-4-24(33)35/h5-12,16H,2-4,13-15H2,1H3,(H,30,31,36). The fourth-order valence-corrected chi connectivity index (χ4v) is 5.79. The van der Waals surface area contributed by atoms with Crippen molar-refractivity contribution in [2.45, 2.75) is 25.8 Å². The van der Waals surface area contributed by atoms with E-state index in [2.05, 4.69) is 21.2 Å².